The van der Waals surface area contributed by atoms with Gasteiger partial charge in [0.05, 0.1) is 45.3 Å². The van der Waals surface area contributed by atoms with E-state index < -0.39 is 23.6 Å². The van der Waals surface area contributed by atoms with Crippen LogP contribution in [-0.4, -0.2) is 48.0 Å². The predicted molar refractivity (Wildman–Crippen MR) is 158 cm³/mol. The summed E-state index contributed by atoms with van der Waals surface area (Å²) in [7, 11) is 4.47. The minimum absolute atomic E-state index is 0.0660. The Morgan fingerprint density at radius 1 is 1.09 bits per heavy atom. The van der Waals surface area contributed by atoms with E-state index in [-0.39, 0.29) is 23.4 Å². The van der Waals surface area contributed by atoms with E-state index in [1.54, 1.807) is 19.1 Å². The number of carbonyl (C=O) groups is 2. The molecule has 10 nitrogen and oxygen atoms in total. The second kappa shape index (κ2) is 11.9. The van der Waals surface area contributed by atoms with Crippen LogP contribution in [0.3, 0.4) is 0 Å². The van der Waals surface area contributed by atoms with E-state index in [0.29, 0.717) is 58.2 Å². The van der Waals surface area contributed by atoms with Crippen LogP contribution >= 0.6 is 0 Å². The number of Topliss-reactive ketones (excluding diaryl/α,β-unsaturated/α-hetero) is 1. The second-order valence-corrected chi connectivity index (χ2v) is 11.8. The molecule has 2 heterocycles. The summed E-state index contributed by atoms with van der Waals surface area (Å²) < 4.78 is 57.5. The molecule has 2 aromatic carbocycles. The highest BCUT2D eigenvalue weighted by Gasteiger charge is 2.43. The van der Waals surface area contributed by atoms with Crippen molar-refractivity contribution < 1.29 is 37.0 Å². The molecule has 0 saturated carbocycles. The van der Waals surface area contributed by atoms with Crippen LogP contribution in [-0.2, 0) is 22.3 Å². The Balaban J connectivity index is 1.48. The standard InChI is InChI=1S/C32H34F3N5O5/c1-17-26(30(42)36-15-20-16-40(39-38-20)21-9-7-8-19(12-21)32(33,34)35)27(28-22(37-17)13-31(2,3)14-23(28)41)18-10-24(43-4)29(45-6)25(11-18)44-5/h7-12,16,27,37H,13-15H2,1-6H3,(H,36,42). The summed E-state index contributed by atoms with van der Waals surface area (Å²) in [5.74, 6) is -0.164. The Bertz CT molecular complexity index is 1700. The van der Waals surface area contributed by atoms with Gasteiger partial charge in [0.2, 0.25) is 11.7 Å². The smallest absolute Gasteiger partial charge is 0.416 e. The first-order chi connectivity index (χ1) is 21.3. The average Bonchev–Trinajstić information content (AvgIpc) is 3.46. The summed E-state index contributed by atoms with van der Waals surface area (Å²) in [5.41, 5.74) is 2.16. The lowest BCUT2D eigenvalue weighted by atomic mass is 9.68. The number of aromatic nitrogens is 3. The summed E-state index contributed by atoms with van der Waals surface area (Å²) in [4.78, 5) is 27.6. The van der Waals surface area contributed by atoms with E-state index in [9.17, 15) is 22.8 Å². The number of amides is 1. The highest BCUT2D eigenvalue weighted by atomic mass is 19.4. The van der Waals surface area contributed by atoms with Crippen LogP contribution in [0, 0.1) is 5.41 Å². The van der Waals surface area contributed by atoms with Crippen LogP contribution in [0.4, 0.5) is 13.2 Å². The first kappa shape index (κ1) is 31.6. The molecule has 5 rings (SSSR count). The predicted octanol–water partition coefficient (Wildman–Crippen LogP) is 5.23. The van der Waals surface area contributed by atoms with Gasteiger partial charge in [-0.05, 0) is 54.7 Å². The molecule has 0 bridgehead atoms. The van der Waals surface area contributed by atoms with Gasteiger partial charge in [-0.3, -0.25) is 9.59 Å². The van der Waals surface area contributed by atoms with E-state index in [1.807, 2.05) is 13.8 Å². The van der Waals surface area contributed by atoms with Gasteiger partial charge in [0, 0.05) is 34.9 Å². The third-order valence-electron chi connectivity index (χ3n) is 7.91. The van der Waals surface area contributed by atoms with E-state index >= 15 is 0 Å². The monoisotopic (exact) mass is 625 g/mol. The summed E-state index contributed by atoms with van der Waals surface area (Å²) in [6.45, 7) is 5.76. The van der Waals surface area contributed by atoms with E-state index in [1.165, 1.54) is 44.3 Å². The molecule has 0 saturated heterocycles. The lowest BCUT2D eigenvalue weighted by Gasteiger charge is -2.39. The maximum atomic E-state index is 13.9. The van der Waals surface area contributed by atoms with Gasteiger partial charge in [0.15, 0.2) is 17.3 Å². The van der Waals surface area contributed by atoms with Crippen molar-refractivity contribution in [2.24, 2.45) is 5.41 Å². The number of carbonyl (C=O) groups excluding carboxylic acids is 2. The molecule has 1 unspecified atom stereocenters. The van der Waals surface area contributed by atoms with Crippen molar-refractivity contribution in [2.45, 2.75) is 52.3 Å². The molecule has 1 amide bonds. The number of methoxy groups -OCH3 is 3. The number of rotatable bonds is 8. The molecule has 13 heteroatoms. The van der Waals surface area contributed by atoms with Crippen LogP contribution in [0.25, 0.3) is 5.69 Å². The van der Waals surface area contributed by atoms with Crippen molar-refractivity contribution in [3.8, 4) is 22.9 Å². The van der Waals surface area contributed by atoms with Crippen molar-refractivity contribution in [1.82, 2.24) is 25.6 Å². The minimum atomic E-state index is -4.51. The van der Waals surface area contributed by atoms with Crippen LogP contribution < -0.4 is 24.8 Å². The SMILES string of the molecule is COc1cc(C2C(C(=O)NCc3cn(-c4cccc(C(F)(F)F)c4)nn3)=C(C)NC3=C2C(=O)CC(C)(C)C3)cc(OC)c1OC. The molecule has 1 aliphatic heterocycles. The topological polar surface area (TPSA) is 117 Å². The average molecular weight is 626 g/mol. The highest BCUT2D eigenvalue weighted by Crippen LogP contribution is 2.49. The molecule has 0 fully saturated rings. The van der Waals surface area contributed by atoms with Crippen LogP contribution in [0.2, 0.25) is 0 Å². The maximum Gasteiger partial charge on any atom is 0.416 e. The zero-order valence-corrected chi connectivity index (χ0v) is 25.8. The fourth-order valence-corrected chi connectivity index (χ4v) is 5.93. The molecule has 1 aromatic heterocycles. The molecule has 3 aromatic rings. The molecule has 45 heavy (non-hydrogen) atoms. The number of nitrogens with one attached hydrogen (secondary N) is 2. The molecule has 0 spiro atoms. The lowest BCUT2D eigenvalue weighted by molar-refractivity contribution is -0.137. The minimum Gasteiger partial charge on any atom is -0.493 e. The van der Waals surface area contributed by atoms with Gasteiger partial charge in [-0.1, -0.05) is 25.1 Å². The Labute approximate surface area is 258 Å². The fraction of sp³-hybridized carbons (Fsp3) is 0.375. The number of halogens is 3. The summed E-state index contributed by atoms with van der Waals surface area (Å²) in [6, 6.07) is 8.16. The molecular formula is C32H34F3N5O5. The van der Waals surface area contributed by atoms with Crippen molar-refractivity contribution in [3.63, 3.8) is 0 Å². The Morgan fingerprint density at radius 2 is 1.78 bits per heavy atom. The first-order valence-electron chi connectivity index (χ1n) is 14.2. The number of hydrogen-bond acceptors (Lipinski definition) is 8. The number of nitrogens with zero attached hydrogens (tertiary/aromatic N) is 3. The highest BCUT2D eigenvalue weighted by molar-refractivity contribution is 6.05. The van der Waals surface area contributed by atoms with Gasteiger partial charge in [-0.15, -0.1) is 5.10 Å². The Hall–Kier alpha value is -4.81. The number of ether oxygens (including phenoxy) is 3. The summed E-state index contributed by atoms with van der Waals surface area (Å²) in [5, 5.41) is 14.1. The maximum absolute atomic E-state index is 13.9. The number of hydrogen-bond donors (Lipinski definition) is 2. The van der Waals surface area contributed by atoms with Crippen LogP contribution in [0.15, 0.2) is 65.1 Å². The zero-order valence-electron chi connectivity index (χ0n) is 25.8. The second-order valence-electron chi connectivity index (χ2n) is 11.8. The van der Waals surface area contributed by atoms with Gasteiger partial charge in [0.25, 0.3) is 0 Å². The number of dihydropyridines is 1. The largest absolute Gasteiger partial charge is 0.493 e. The number of ketones is 1. The number of benzene rings is 2. The van der Waals surface area contributed by atoms with E-state index in [0.717, 1.165) is 17.8 Å². The van der Waals surface area contributed by atoms with Crippen LogP contribution in [0.5, 0.6) is 17.2 Å². The third kappa shape index (κ3) is 6.24. The van der Waals surface area contributed by atoms with Gasteiger partial charge in [-0.2, -0.15) is 13.2 Å². The van der Waals surface area contributed by atoms with Crippen LogP contribution in [0.1, 0.15) is 56.4 Å². The van der Waals surface area contributed by atoms with Crippen molar-refractivity contribution in [2.75, 3.05) is 21.3 Å². The summed E-state index contributed by atoms with van der Waals surface area (Å²) >= 11 is 0. The molecule has 1 atom stereocenters. The van der Waals surface area contributed by atoms with Crippen molar-refractivity contribution in [1.29, 1.82) is 0 Å². The number of alkyl halides is 3. The normalized spacial score (nSPS) is 17.9. The fourth-order valence-electron chi connectivity index (χ4n) is 5.93. The third-order valence-corrected chi connectivity index (χ3v) is 7.91. The molecule has 1 aliphatic carbocycles. The molecule has 2 N–H and O–H groups in total. The Morgan fingerprint density at radius 3 is 2.40 bits per heavy atom. The van der Waals surface area contributed by atoms with E-state index in [4.69, 9.17) is 14.2 Å². The van der Waals surface area contributed by atoms with Crippen molar-refractivity contribution in [3.05, 3.63) is 82.0 Å². The zero-order chi connectivity index (χ0) is 32.7. The molecule has 0 radical (unpaired) electrons. The lowest BCUT2D eigenvalue weighted by Crippen LogP contribution is -2.40. The van der Waals surface area contributed by atoms with Crippen molar-refractivity contribution >= 4 is 11.7 Å². The van der Waals surface area contributed by atoms with Gasteiger partial charge >= 0.3 is 6.18 Å². The van der Waals surface area contributed by atoms with Gasteiger partial charge < -0.3 is 24.8 Å². The first-order valence-corrected chi connectivity index (χ1v) is 14.2. The molecule has 238 valence electrons. The quantitative estimate of drug-likeness (QED) is 0.350. The number of allylic oxidation sites excluding steroid dienone is 3. The molecular weight excluding hydrogens is 591 g/mol. The van der Waals surface area contributed by atoms with E-state index in [2.05, 4.69) is 20.9 Å². The summed E-state index contributed by atoms with van der Waals surface area (Å²) in [6.07, 6.45) is -2.15. The molecule has 2 aliphatic rings. The van der Waals surface area contributed by atoms with Gasteiger partial charge in [-0.25, -0.2) is 4.68 Å². The Kier molecular flexibility index (Phi) is 8.39. The van der Waals surface area contributed by atoms with Gasteiger partial charge in [0.1, 0.15) is 5.69 Å².